The van der Waals surface area contributed by atoms with Gasteiger partial charge >= 0.3 is 0 Å². The third-order valence-electron chi connectivity index (χ3n) is 6.13. The van der Waals surface area contributed by atoms with E-state index in [2.05, 4.69) is 26.6 Å². The molecular weight excluding hydrogens is 381 g/mol. The first-order chi connectivity index (χ1) is 14.6. The topological polar surface area (TPSA) is 72.7 Å². The molecule has 3 rings (SSSR count). The molecule has 0 aromatic heterocycles. The van der Waals surface area contributed by atoms with Crippen LogP contribution in [0.25, 0.3) is 0 Å². The van der Waals surface area contributed by atoms with Crippen molar-refractivity contribution >= 4 is 5.96 Å². The smallest absolute Gasteiger partial charge is 0.191 e. The Bertz CT molecular complexity index is 748. The lowest BCUT2D eigenvalue weighted by Crippen LogP contribution is -2.51. The minimum atomic E-state index is -0.329. The number of guanidine groups is 1. The van der Waals surface area contributed by atoms with Gasteiger partial charge in [-0.25, -0.2) is 9.38 Å². The zero-order valence-corrected chi connectivity index (χ0v) is 18.1. The number of nitrogens with zero attached hydrogens (tertiary/aromatic N) is 3. The van der Waals surface area contributed by atoms with Crippen LogP contribution in [0.3, 0.4) is 0 Å². The van der Waals surface area contributed by atoms with E-state index in [1.165, 1.54) is 44.2 Å². The first-order valence-corrected chi connectivity index (χ1v) is 11.1. The van der Waals surface area contributed by atoms with Gasteiger partial charge < -0.3 is 15.4 Å². The Balaban J connectivity index is 1.66. The van der Waals surface area contributed by atoms with Crippen molar-refractivity contribution in [3.8, 4) is 6.07 Å². The number of ether oxygens (including phenoxy) is 1. The van der Waals surface area contributed by atoms with Crippen LogP contribution in [0.5, 0.6) is 0 Å². The Labute approximate surface area is 179 Å². The van der Waals surface area contributed by atoms with Crippen molar-refractivity contribution < 1.29 is 9.13 Å². The summed E-state index contributed by atoms with van der Waals surface area (Å²) >= 11 is 0. The predicted molar refractivity (Wildman–Crippen MR) is 117 cm³/mol. The van der Waals surface area contributed by atoms with Gasteiger partial charge in [0.1, 0.15) is 5.82 Å². The van der Waals surface area contributed by atoms with Crippen LogP contribution in [0.15, 0.2) is 23.2 Å². The molecule has 0 spiro atoms. The van der Waals surface area contributed by atoms with Crippen molar-refractivity contribution in [3.05, 3.63) is 35.1 Å². The van der Waals surface area contributed by atoms with Gasteiger partial charge in [-0.2, -0.15) is 5.26 Å². The van der Waals surface area contributed by atoms with Crippen molar-refractivity contribution in [3.63, 3.8) is 0 Å². The number of morpholine rings is 1. The second-order valence-electron chi connectivity index (χ2n) is 8.42. The van der Waals surface area contributed by atoms with Crippen LogP contribution in [0.1, 0.15) is 50.2 Å². The van der Waals surface area contributed by atoms with Crippen molar-refractivity contribution in [2.75, 3.05) is 45.9 Å². The molecule has 1 aromatic carbocycles. The van der Waals surface area contributed by atoms with Gasteiger partial charge in [-0.15, -0.1) is 0 Å². The molecule has 7 heteroatoms. The normalized spacial score (nSPS) is 19.8. The summed E-state index contributed by atoms with van der Waals surface area (Å²) in [7, 11) is 0. The number of hydrogen-bond donors (Lipinski definition) is 2. The average molecular weight is 416 g/mol. The highest BCUT2D eigenvalue weighted by atomic mass is 19.1. The second-order valence-corrected chi connectivity index (χ2v) is 8.42. The van der Waals surface area contributed by atoms with Crippen LogP contribution in [-0.4, -0.2) is 56.8 Å². The van der Waals surface area contributed by atoms with E-state index in [4.69, 9.17) is 10.00 Å². The summed E-state index contributed by atoms with van der Waals surface area (Å²) in [6, 6.07) is 6.46. The highest BCUT2D eigenvalue weighted by Crippen LogP contribution is 2.36. The molecule has 0 amide bonds. The van der Waals surface area contributed by atoms with Crippen molar-refractivity contribution in [2.45, 2.75) is 45.6 Å². The molecule has 0 atom stereocenters. The minimum absolute atomic E-state index is 0.202. The van der Waals surface area contributed by atoms with E-state index in [0.717, 1.165) is 45.9 Å². The molecule has 1 saturated heterocycles. The quantitative estimate of drug-likeness (QED) is 0.529. The summed E-state index contributed by atoms with van der Waals surface area (Å²) in [5, 5.41) is 15.9. The van der Waals surface area contributed by atoms with Gasteiger partial charge in [0.15, 0.2) is 5.96 Å². The third-order valence-corrected chi connectivity index (χ3v) is 6.13. The van der Waals surface area contributed by atoms with E-state index in [-0.39, 0.29) is 17.8 Å². The molecule has 30 heavy (non-hydrogen) atoms. The maximum Gasteiger partial charge on any atom is 0.191 e. The number of nitriles is 1. The highest BCUT2D eigenvalue weighted by Gasteiger charge is 2.34. The summed E-state index contributed by atoms with van der Waals surface area (Å²) < 4.78 is 19.6. The fourth-order valence-electron chi connectivity index (χ4n) is 4.47. The van der Waals surface area contributed by atoms with E-state index >= 15 is 0 Å². The van der Waals surface area contributed by atoms with Crippen molar-refractivity contribution in [2.24, 2.45) is 10.4 Å². The summed E-state index contributed by atoms with van der Waals surface area (Å²) in [6.07, 6.45) is 6.29. The fourth-order valence-corrected chi connectivity index (χ4v) is 4.47. The van der Waals surface area contributed by atoms with Crippen LogP contribution in [-0.2, 0) is 11.3 Å². The van der Waals surface area contributed by atoms with E-state index in [1.807, 2.05) is 6.92 Å². The number of benzene rings is 1. The average Bonchev–Trinajstić information content (AvgIpc) is 2.78. The minimum Gasteiger partial charge on any atom is -0.379 e. The SMILES string of the molecule is CCNC(=NCc1cc(C#N)ccc1F)NCC1(CN2CCOCC2)CCCCC1. The number of nitrogens with one attached hydrogen (secondary N) is 2. The van der Waals surface area contributed by atoms with E-state index < -0.39 is 0 Å². The number of hydrogen-bond acceptors (Lipinski definition) is 4. The van der Waals surface area contributed by atoms with E-state index in [0.29, 0.717) is 17.1 Å². The van der Waals surface area contributed by atoms with Crippen LogP contribution in [0.4, 0.5) is 4.39 Å². The maximum atomic E-state index is 14.1. The Morgan fingerprint density at radius 2 is 2.00 bits per heavy atom. The van der Waals surface area contributed by atoms with Crippen molar-refractivity contribution in [1.29, 1.82) is 5.26 Å². The summed E-state index contributed by atoms with van der Waals surface area (Å²) in [5.74, 6) is 0.371. The standard InChI is InChI=1S/C23H34FN5O/c1-2-26-22(27-16-20-14-19(15-25)6-7-21(20)24)28-17-23(8-4-3-5-9-23)18-29-10-12-30-13-11-29/h6-7,14H,2-5,8-13,16-18H2,1H3,(H2,26,27,28). The number of rotatable bonds is 7. The molecule has 1 aliphatic carbocycles. The van der Waals surface area contributed by atoms with Crippen LogP contribution >= 0.6 is 0 Å². The lowest BCUT2D eigenvalue weighted by atomic mass is 9.73. The Morgan fingerprint density at radius 1 is 1.23 bits per heavy atom. The predicted octanol–water partition coefficient (Wildman–Crippen LogP) is 3.04. The van der Waals surface area contributed by atoms with Crippen LogP contribution < -0.4 is 10.6 Å². The molecule has 2 fully saturated rings. The van der Waals surface area contributed by atoms with Crippen LogP contribution in [0, 0.1) is 22.6 Å². The van der Waals surface area contributed by atoms with Crippen LogP contribution in [0.2, 0.25) is 0 Å². The Kier molecular flexibility index (Phi) is 8.47. The molecule has 6 nitrogen and oxygen atoms in total. The van der Waals surface area contributed by atoms with Gasteiger partial charge in [0, 0.05) is 43.7 Å². The molecule has 1 aromatic rings. The summed E-state index contributed by atoms with van der Waals surface area (Å²) in [6.45, 7) is 8.56. The van der Waals surface area contributed by atoms with Gasteiger partial charge in [-0.1, -0.05) is 19.3 Å². The summed E-state index contributed by atoms with van der Waals surface area (Å²) in [5.41, 5.74) is 1.12. The zero-order valence-electron chi connectivity index (χ0n) is 18.1. The van der Waals surface area contributed by atoms with Gasteiger partial charge in [-0.3, -0.25) is 4.90 Å². The third kappa shape index (κ3) is 6.41. The number of aliphatic imine (C=N–C) groups is 1. The molecule has 0 unspecified atom stereocenters. The van der Waals surface area contributed by atoms with Gasteiger partial charge in [0.05, 0.1) is 31.4 Å². The number of halogens is 1. The molecule has 1 aliphatic heterocycles. The molecule has 0 radical (unpaired) electrons. The zero-order chi connectivity index (χ0) is 21.2. The molecule has 1 heterocycles. The summed E-state index contributed by atoms with van der Waals surface area (Å²) in [4.78, 5) is 7.12. The molecule has 2 N–H and O–H groups in total. The highest BCUT2D eigenvalue weighted by molar-refractivity contribution is 5.79. The fraction of sp³-hybridized carbons (Fsp3) is 0.652. The lowest BCUT2D eigenvalue weighted by Gasteiger charge is -2.42. The largest absolute Gasteiger partial charge is 0.379 e. The lowest BCUT2D eigenvalue weighted by molar-refractivity contribution is 0.00820. The van der Waals surface area contributed by atoms with Crippen molar-refractivity contribution in [1.82, 2.24) is 15.5 Å². The first-order valence-electron chi connectivity index (χ1n) is 11.1. The van der Waals surface area contributed by atoms with E-state index in [9.17, 15) is 4.39 Å². The first kappa shape index (κ1) is 22.5. The van der Waals surface area contributed by atoms with Gasteiger partial charge in [0.25, 0.3) is 0 Å². The molecular formula is C23H34FN5O. The Morgan fingerprint density at radius 3 is 2.70 bits per heavy atom. The second kappa shape index (κ2) is 11.3. The van der Waals surface area contributed by atoms with E-state index in [1.54, 1.807) is 6.07 Å². The molecule has 1 saturated carbocycles. The monoisotopic (exact) mass is 415 g/mol. The maximum absolute atomic E-state index is 14.1. The molecule has 2 aliphatic rings. The molecule has 164 valence electrons. The van der Waals surface area contributed by atoms with Gasteiger partial charge in [0.2, 0.25) is 0 Å². The molecule has 0 bridgehead atoms. The van der Waals surface area contributed by atoms with Gasteiger partial charge in [-0.05, 0) is 38.0 Å². The Hall–Kier alpha value is -2.17.